The third-order valence-corrected chi connectivity index (χ3v) is 2.07. The van der Waals surface area contributed by atoms with Gasteiger partial charge in [0, 0.05) is 13.3 Å². The van der Waals surface area contributed by atoms with Gasteiger partial charge in [-0.3, -0.25) is 4.79 Å². The molecule has 0 spiro atoms. The Labute approximate surface area is 83.6 Å². The number of hydrogen-bond acceptors (Lipinski definition) is 4. The zero-order valence-electron chi connectivity index (χ0n) is 8.78. The maximum atomic E-state index is 11.2. The van der Waals surface area contributed by atoms with Gasteiger partial charge >= 0.3 is 11.9 Å². The summed E-state index contributed by atoms with van der Waals surface area (Å²) >= 11 is 0. The van der Waals surface area contributed by atoms with Crippen molar-refractivity contribution in [1.82, 2.24) is 0 Å². The predicted octanol–water partition coefficient (Wildman–Crippen LogP) is 1.28. The average Bonchev–Trinajstić information content (AvgIpc) is 2.28. The van der Waals surface area contributed by atoms with Gasteiger partial charge in [-0.15, -0.1) is 0 Å². The van der Waals surface area contributed by atoms with Crippen LogP contribution in [0.15, 0.2) is 0 Å². The van der Waals surface area contributed by atoms with Crippen molar-refractivity contribution >= 4 is 11.9 Å². The number of ether oxygens (including phenoxy) is 2. The van der Waals surface area contributed by atoms with E-state index < -0.39 is 18.0 Å². The zero-order valence-corrected chi connectivity index (χ0v) is 8.78. The van der Waals surface area contributed by atoms with Crippen molar-refractivity contribution < 1.29 is 19.1 Å². The van der Waals surface area contributed by atoms with E-state index in [0.29, 0.717) is 12.3 Å². The molecule has 0 aromatic rings. The fourth-order valence-corrected chi connectivity index (χ4v) is 1.59. The van der Waals surface area contributed by atoms with Crippen LogP contribution in [-0.2, 0) is 19.1 Å². The van der Waals surface area contributed by atoms with Crippen LogP contribution in [0.25, 0.3) is 0 Å². The van der Waals surface area contributed by atoms with Crippen LogP contribution in [0.4, 0.5) is 0 Å². The van der Waals surface area contributed by atoms with E-state index in [2.05, 4.69) is 13.8 Å². The number of cyclic esters (lactones) is 1. The van der Waals surface area contributed by atoms with Crippen molar-refractivity contribution in [1.29, 1.82) is 0 Å². The summed E-state index contributed by atoms with van der Waals surface area (Å²) in [4.78, 5) is 21.8. The van der Waals surface area contributed by atoms with Crippen LogP contribution < -0.4 is 0 Å². The monoisotopic (exact) mass is 200 g/mol. The maximum Gasteiger partial charge on any atom is 0.347 e. The van der Waals surface area contributed by atoms with Gasteiger partial charge in [0.1, 0.15) is 6.10 Å². The van der Waals surface area contributed by atoms with E-state index in [9.17, 15) is 9.59 Å². The van der Waals surface area contributed by atoms with E-state index in [0.717, 1.165) is 6.42 Å². The lowest BCUT2D eigenvalue weighted by Crippen LogP contribution is -2.20. The van der Waals surface area contributed by atoms with Crippen LogP contribution >= 0.6 is 0 Å². The molecule has 1 saturated heterocycles. The lowest BCUT2D eigenvalue weighted by Gasteiger charge is -2.10. The Morgan fingerprint density at radius 1 is 1.64 bits per heavy atom. The molecule has 14 heavy (non-hydrogen) atoms. The van der Waals surface area contributed by atoms with E-state index in [4.69, 9.17) is 9.47 Å². The highest BCUT2D eigenvalue weighted by Crippen LogP contribution is 2.23. The summed E-state index contributed by atoms with van der Waals surface area (Å²) in [6, 6.07) is 0. The molecule has 0 amide bonds. The van der Waals surface area contributed by atoms with Gasteiger partial charge in [0.2, 0.25) is 6.10 Å². The van der Waals surface area contributed by atoms with Crippen molar-refractivity contribution in [2.45, 2.75) is 45.8 Å². The van der Waals surface area contributed by atoms with Gasteiger partial charge in [-0.2, -0.15) is 0 Å². The number of rotatable bonds is 3. The van der Waals surface area contributed by atoms with Gasteiger partial charge in [-0.25, -0.2) is 4.79 Å². The van der Waals surface area contributed by atoms with E-state index in [1.54, 1.807) is 0 Å². The minimum atomic E-state index is -0.684. The van der Waals surface area contributed by atoms with E-state index in [1.807, 2.05) is 0 Å². The summed E-state index contributed by atoms with van der Waals surface area (Å²) in [5, 5.41) is 0. The molecule has 0 radical (unpaired) electrons. The minimum absolute atomic E-state index is 0.0909. The molecule has 1 fully saturated rings. The number of hydrogen-bond donors (Lipinski definition) is 0. The Hall–Kier alpha value is -1.06. The lowest BCUT2D eigenvalue weighted by atomic mass is 10.0. The first-order valence-corrected chi connectivity index (χ1v) is 4.86. The number of carbonyl (C=O) groups is 2. The van der Waals surface area contributed by atoms with Crippen LogP contribution in [0, 0.1) is 5.92 Å². The standard InChI is InChI=1S/C10H16O4/c1-6(2)4-8-5-9(10(12)14-8)13-7(3)11/h6,8-9H,4-5H2,1-3H3/t8-,9+/m1/s1. The predicted molar refractivity (Wildman–Crippen MR) is 49.5 cm³/mol. The molecule has 0 aromatic heterocycles. The van der Waals surface area contributed by atoms with Crippen molar-refractivity contribution in [2.75, 3.05) is 0 Å². The Bertz CT molecular complexity index is 234. The van der Waals surface area contributed by atoms with Crippen LogP contribution in [-0.4, -0.2) is 24.1 Å². The second-order valence-corrected chi connectivity index (χ2v) is 4.02. The van der Waals surface area contributed by atoms with Crippen molar-refractivity contribution in [2.24, 2.45) is 5.92 Å². The van der Waals surface area contributed by atoms with Crippen LogP contribution in [0.5, 0.6) is 0 Å². The molecule has 0 aromatic carbocycles. The highest BCUT2D eigenvalue weighted by atomic mass is 16.6. The quantitative estimate of drug-likeness (QED) is 0.644. The summed E-state index contributed by atoms with van der Waals surface area (Å²) in [7, 11) is 0. The van der Waals surface area contributed by atoms with Gasteiger partial charge in [-0.05, 0) is 12.3 Å². The summed E-state index contributed by atoms with van der Waals surface area (Å²) in [6.45, 7) is 5.42. The second kappa shape index (κ2) is 4.44. The SMILES string of the molecule is CC(=O)O[C@H]1C[C@@H](CC(C)C)OC1=O. The van der Waals surface area contributed by atoms with Gasteiger partial charge in [0.15, 0.2) is 0 Å². The Morgan fingerprint density at radius 3 is 2.79 bits per heavy atom. The topological polar surface area (TPSA) is 52.6 Å². The Morgan fingerprint density at radius 2 is 2.29 bits per heavy atom. The third kappa shape index (κ3) is 3.01. The first-order valence-electron chi connectivity index (χ1n) is 4.86. The molecule has 80 valence electrons. The molecular weight excluding hydrogens is 184 g/mol. The molecule has 0 aliphatic carbocycles. The molecule has 1 aliphatic heterocycles. The largest absolute Gasteiger partial charge is 0.459 e. The number of esters is 2. The molecule has 2 atom stereocenters. The highest BCUT2D eigenvalue weighted by molar-refractivity contribution is 5.80. The van der Waals surface area contributed by atoms with Crippen LogP contribution in [0.1, 0.15) is 33.6 Å². The van der Waals surface area contributed by atoms with Crippen LogP contribution in [0.3, 0.4) is 0 Å². The highest BCUT2D eigenvalue weighted by Gasteiger charge is 2.36. The minimum Gasteiger partial charge on any atom is -0.459 e. The first kappa shape index (κ1) is 11.0. The molecule has 4 heteroatoms. The van der Waals surface area contributed by atoms with Crippen molar-refractivity contribution in [3.8, 4) is 0 Å². The lowest BCUT2D eigenvalue weighted by molar-refractivity contribution is -0.159. The van der Waals surface area contributed by atoms with Crippen LogP contribution in [0.2, 0.25) is 0 Å². The molecular formula is C10H16O4. The molecule has 0 saturated carbocycles. The van der Waals surface area contributed by atoms with E-state index in [1.165, 1.54) is 6.92 Å². The molecule has 0 N–H and O–H groups in total. The molecule has 1 aliphatic rings. The second-order valence-electron chi connectivity index (χ2n) is 4.02. The van der Waals surface area contributed by atoms with Gasteiger partial charge in [0.05, 0.1) is 0 Å². The smallest absolute Gasteiger partial charge is 0.347 e. The molecule has 1 heterocycles. The van der Waals surface area contributed by atoms with E-state index in [-0.39, 0.29) is 6.10 Å². The third-order valence-electron chi connectivity index (χ3n) is 2.07. The van der Waals surface area contributed by atoms with Crippen molar-refractivity contribution in [3.05, 3.63) is 0 Å². The molecule has 1 rings (SSSR count). The number of carbonyl (C=O) groups excluding carboxylic acids is 2. The first-order chi connectivity index (χ1) is 6.49. The van der Waals surface area contributed by atoms with Gasteiger partial charge < -0.3 is 9.47 Å². The molecule has 0 bridgehead atoms. The van der Waals surface area contributed by atoms with E-state index >= 15 is 0 Å². The maximum absolute atomic E-state index is 11.2. The van der Waals surface area contributed by atoms with Gasteiger partial charge in [0.25, 0.3) is 0 Å². The summed E-state index contributed by atoms with van der Waals surface area (Å²) < 4.78 is 9.89. The fourth-order valence-electron chi connectivity index (χ4n) is 1.59. The zero-order chi connectivity index (χ0) is 10.7. The van der Waals surface area contributed by atoms with Crippen molar-refractivity contribution in [3.63, 3.8) is 0 Å². The van der Waals surface area contributed by atoms with Gasteiger partial charge in [-0.1, -0.05) is 13.8 Å². The fraction of sp³-hybridized carbons (Fsp3) is 0.800. The normalized spacial score (nSPS) is 26.4. The summed E-state index contributed by atoms with van der Waals surface area (Å²) in [5.74, 6) is -0.369. The molecule has 4 nitrogen and oxygen atoms in total. The Kier molecular flexibility index (Phi) is 3.49. The summed E-state index contributed by atoms with van der Waals surface area (Å²) in [6.07, 6.45) is 0.545. The Balaban J connectivity index is 2.43. The average molecular weight is 200 g/mol. The molecule has 0 unspecified atom stereocenters. The summed E-state index contributed by atoms with van der Waals surface area (Å²) in [5.41, 5.74) is 0.